The number of nitrogens with two attached hydrogens (primary N) is 2. The van der Waals surface area contributed by atoms with Gasteiger partial charge in [0.1, 0.15) is 0 Å². The van der Waals surface area contributed by atoms with E-state index >= 15 is 0 Å². The molecule has 0 heterocycles. The second kappa shape index (κ2) is 12.1. The van der Waals surface area contributed by atoms with Crippen molar-refractivity contribution in [3.63, 3.8) is 0 Å². The minimum atomic E-state index is 0.700. The van der Waals surface area contributed by atoms with E-state index in [9.17, 15) is 0 Å². The summed E-state index contributed by atoms with van der Waals surface area (Å²) in [4.78, 5) is 2.53. The van der Waals surface area contributed by atoms with Crippen LogP contribution in [0.4, 0.5) is 17.1 Å². The smallest absolute Gasteiger partial charge is 0.0785 e. The molecule has 25 heavy (non-hydrogen) atoms. The molecule has 0 aliphatic heterocycles. The highest BCUT2D eigenvalue weighted by Gasteiger charge is 2.19. The Morgan fingerprint density at radius 2 is 1.36 bits per heavy atom. The third kappa shape index (κ3) is 7.17. The van der Waals surface area contributed by atoms with Gasteiger partial charge in [-0.25, -0.2) is 0 Å². The zero-order chi connectivity index (χ0) is 18.7. The lowest BCUT2D eigenvalue weighted by molar-refractivity contribution is 0.404. The number of benzene rings is 1. The summed E-state index contributed by atoms with van der Waals surface area (Å²) < 4.78 is 0. The number of rotatable bonds is 13. The first kappa shape index (κ1) is 21.7. The topological polar surface area (TPSA) is 55.3 Å². The molecule has 0 aromatic heterocycles. The molecule has 2 unspecified atom stereocenters. The SMILES string of the molecule is CCCCC(CC)CN(CC(CC)CCCC)c1cccc(N)c1N. The molecule has 1 aromatic carbocycles. The lowest BCUT2D eigenvalue weighted by Gasteiger charge is -2.33. The maximum atomic E-state index is 6.35. The first-order valence-corrected chi connectivity index (χ1v) is 10.5. The monoisotopic (exact) mass is 347 g/mol. The lowest BCUT2D eigenvalue weighted by Crippen LogP contribution is -2.34. The molecule has 0 aliphatic carbocycles. The molecule has 1 aromatic rings. The van der Waals surface area contributed by atoms with E-state index in [2.05, 4.69) is 38.7 Å². The Balaban J connectivity index is 2.97. The van der Waals surface area contributed by atoms with Crippen LogP contribution in [-0.2, 0) is 0 Å². The molecule has 0 aliphatic rings. The molecule has 3 nitrogen and oxygen atoms in total. The molecule has 0 spiro atoms. The van der Waals surface area contributed by atoms with Crippen molar-refractivity contribution < 1.29 is 0 Å². The van der Waals surface area contributed by atoms with Gasteiger partial charge in [0.05, 0.1) is 17.1 Å². The molecule has 1 rings (SSSR count). The highest BCUT2D eigenvalue weighted by molar-refractivity contribution is 5.79. The largest absolute Gasteiger partial charge is 0.397 e. The van der Waals surface area contributed by atoms with Crippen LogP contribution in [0.25, 0.3) is 0 Å². The van der Waals surface area contributed by atoms with Gasteiger partial charge in [0, 0.05) is 13.1 Å². The standard InChI is InChI=1S/C22H41N3/c1-5-9-12-18(7-3)16-25(17-19(8-4)13-10-6-2)21-15-11-14-20(23)22(21)24/h11,14-15,18-19H,5-10,12-13,16-17,23-24H2,1-4H3. The van der Waals surface area contributed by atoms with Crippen molar-refractivity contribution in [2.24, 2.45) is 11.8 Å². The summed E-state index contributed by atoms with van der Waals surface area (Å²) in [7, 11) is 0. The highest BCUT2D eigenvalue weighted by atomic mass is 15.1. The quantitative estimate of drug-likeness (QED) is 0.424. The van der Waals surface area contributed by atoms with Gasteiger partial charge in [0.15, 0.2) is 0 Å². The van der Waals surface area contributed by atoms with Gasteiger partial charge >= 0.3 is 0 Å². The molecule has 0 bridgehead atoms. The summed E-state index contributed by atoms with van der Waals surface area (Å²) in [6, 6.07) is 6.08. The third-order valence-electron chi connectivity index (χ3n) is 5.50. The minimum absolute atomic E-state index is 0.700. The predicted molar refractivity (Wildman–Crippen MR) is 114 cm³/mol. The summed E-state index contributed by atoms with van der Waals surface area (Å²) >= 11 is 0. The number of hydrogen-bond acceptors (Lipinski definition) is 3. The Labute approximate surface area is 156 Å². The number of nitrogen functional groups attached to an aromatic ring is 2. The van der Waals surface area contributed by atoms with Crippen molar-refractivity contribution in [1.29, 1.82) is 0 Å². The van der Waals surface area contributed by atoms with E-state index in [1.807, 2.05) is 12.1 Å². The van der Waals surface area contributed by atoms with Gasteiger partial charge in [0.2, 0.25) is 0 Å². The normalized spacial score (nSPS) is 13.6. The van der Waals surface area contributed by atoms with Gasteiger partial charge in [-0.3, -0.25) is 0 Å². The molecule has 144 valence electrons. The summed E-state index contributed by atoms with van der Waals surface area (Å²) in [6.07, 6.45) is 10.2. The van der Waals surface area contributed by atoms with E-state index in [1.54, 1.807) is 0 Å². The van der Waals surface area contributed by atoms with Crippen LogP contribution in [0.2, 0.25) is 0 Å². The van der Waals surface area contributed by atoms with Crippen molar-refractivity contribution >= 4 is 17.1 Å². The summed E-state index contributed by atoms with van der Waals surface area (Å²) in [5.74, 6) is 1.45. The van der Waals surface area contributed by atoms with Crippen LogP contribution in [-0.4, -0.2) is 13.1 Å². The fourth-order valence-corrected chi connectivity index (χ4v) is 3.58. The average molecular weight is 348 g/mol. The minimum Gasteiger partial charge on any atom is -0.397 e. The Bertz CT molecular complexity index is 454. The Kier molecular flexibility index (Phi) is 10.4. The first-order valence-electron chi connectivity index (χ1n) is 10.5. The van der Waals surface area contributed by atoms with E-state index in [1.165, 1.54) is 51.4 Å². The summed E-state index contributed by atoms with van der Waals surface area (Å²) in [6.45, 7) is 11.4. The molecule has 0 amide bonds. The number of unbranched alkanes of at least 4 members (excludes halogenated alkanes) is 2. The molecule has 0 fully saturated rings. The van der Waals surface area contributed by atoms with E-state index in [0.717, 1.165) is 36.3 Å². The first-order chi connectivity index (χ1) is 12.1. The van der Waals surface area contributed by atoms with Crippen LogP contribution >= 0.6 is 0 Å². The van der Waals surface area contributed by atoms with Gasteiger partial charge in [-0.2, -0.15) is 0 Å². The van der Waals surface area contributed by atoms with Gasteiger partial charge in [-0.1, -0.05) is 72.3 Å². The van der Waals surface area contributed by atoms with Crippen LogP contribution in [0.3, 0.4) is 0 Å². The van der Waals surface area contributed by atoms with Crippen LogP contribution in [0.5, 0.6) is 0 Å². The zero-order valence-electron chi connectivity index (χ0n) is 17.1. The lowest BCUT2D eigenvalue weighted by atomic mass is 9.95. The second-order valence-corrected chi connectivity index (χ2v) is 7.52. The predicted octanol–water partition coefficient (Wildman–Crippen LogP) is 6.09. The Hall–Kier alpha value is -1.38. The van der Waals surface area contributed by atoms with E-state index in [4.69, 9.17) is 11.5 Å². The molecule has 0 radical (unpaired) electrons. The van der Waals surface area contributed by atoms with Crippen molar-refractivity contribution in [3.8, 4) is 0 Å². The van der Waals surface area contributed by atoms with Crippen LogP contribution < -0.4 is 16.4 Å². The van der Waals surface area contributed by atoms with Gasteiger partial charge in [-0.15, -0.1) is 0 Å². The fraction of sp³-hybridized carbons (Fsp3) is 0.727. The molecule has 2 atom stereocenters. The van der Waals surface area contributed by atoms with Crippen molar-refractivity contribution in [3.05, 3.63) is 18.2 Å². The van der Waals surface area contributed by atoms with Crippen LogP contribution in [0.1, 0.15) is 79.1 Å². The fourth-order valence-electron chi connectivity index (χ4n) is 3.58. The second-order valence-electron chi connectivity index (χ2n) is 7.52. The molecule has 0 saturated carbocycles. The van der Waals surface area contributed by atoms with Gasteiger partial charge < -0.3 is 16.4 Å². The zero-order valence-corrected chi connectivity index (χ0v) is 17.1. The number of para-hydroxylation sites is 1. The number of anilines is 3. The number of nitrogens with zero attached hydrogens (tertiary/aromatic N) is 1. The molecular weight excluding hydrogens is 306 g/mol. The third-order valence-corrected chi connectivity index (χ3v) is 5.50. The Morgan fingerprint density at radius 1 is 0.840 bits per heavy atom. The van der Waals surface area contributed by atoms with Crippen molar-refractivity contribution in [2.75, 3.05) is 29.5 Å². The maximum Gasteiger partial charge on any atom is 0.0785 e. The van der Waals surface area contributed by atoms with Crippen molar-refractivity contribution in [2.45, 2.75) is 79.1 Å². The highest BCUT2D eigenvalue weighted by Crippen LogP contribution is 2.31. The average Bonchev–Trinajstić information content (AvgIpc) is 2.63. The van der Waals surface area contributed by atoms with Gasteiger partial charge in [0.25, 0.3) is 0 Å². The molecular formula is C22H41N3. The molecule has 0 saturated heterocycles. The summed E-state index contributed by atoms with van der Waals surface area (Å²) in [5.41, 5.74) is 15.0. The van der Waals surface area contributed by atoms with Crippen molar-refractivity contribution in [1.82, 2.24) is 0 Å². The maximum absolute atomic E-state index is 6.35. The Morgan fingerprint density at radius 3 is 1.80 bits per heavy atom. The molecule has 3 heteroatoms. The van der Waals surface area contributed by atoms with Crippen LogP contribution in [0.15, 0.2) is 18.2 Å². The number of hydrogen-bond donors (Lipinski definition) is 2. The molecule has 4 N–H and O–H groups in total. The van der Waals surface area contributed by atoms with Gasteiger partial charge in [-0.05, 0) is 36.8 Å². The van der Waals surface area contributed by atoms with E-state index in [-0.39, 0.29) is 0 Å². The van der Waals surface area contributed by atoms with Crippen LogP contribution in [0, 0.1) is 11.8 Å². The summed E-state index contributed by atoms with van der Waals surface area (Å²) in [5, 5.41) is 0. The van der Waals surface area contributed by atoms with E-state index < -0.39 is 0 Å². The van der Waals surface area contributed by atoms with E-state index in [0.29, 0.717) is 5.69 Å².